The van der Waals surface area contributed by atoms with Gasteiger partial charge < -0.3 is 10.2 Å². The summed E-state index contributed by atoms with van der Waals surface area (Å²) < 4.78 is 0. The lowest BCUT2D eigenvalue weighted by atomic mass is 9.93. The third kappa shape index (κ3) is 3.78. The van der Waals surface area contributed by atoms with Gasteiger partial charge in [-0.15, -0.1) is 11.3 Å². The van der Waals surface area contributed by atoms with Crippen molar-refractivity contribution in [3.63, 3.8) is 0 Å². The smallest absolute Gasteiger partial charge is 0.185 e. The Balaban J connectivity index is 1.70. The molecule has 2 aliphatic rings. The van der Waals surface area contributed by atoms with Crippen LogP contribution in [0.4, 0.5) is 5.13 Å². The van der Waals surface area contributed by atoms with Crippen LogP contribution in [0, 0.1) is 11.3 Å². The maximum absolute atomic E-state index is 5.02. The van der Waals surface area contributed by atoms with Gasteiger partial charge in [0.25, 0.3) is 0 Å². The average molecular weight is 308 g/mol. The molecule has 4 heteroatoms. The Labute approximate surface area is 133 Å². The lowest BCUT2D eigenvalue weighted by Crippen LogP contribution is -2.22. The van der Waals surface area contributed by atoms with E-state index in [0.717, 1.165) is 25.6 Å². The zero-order valence-corrected chi connectivity index (χ0v) is 14.7. The van der Waals surface area contributed by atoms with Crippen molar-refractivity contribution in [2.45, 2.75) is 59.4 Å². The zero-order valence-electron chi connectivity index (χ0n) is 13.9. The number of thiazole rings is 1. The van der Waals surface area contributed by atoms with E-state index >= 15 is 0 Å². The molecular formula is C17H29N3S. The van der Waals surface area contributed by atoms with Gasteiger partial charge in [-0.1, -0.05) is 27.7 Å². The topological polar surface area (TPSA) is 28.2 Å². The second-order valence-electron chi connectivity index (χ2n) is 7.94. The van der Waals surface area contributed by atoms with Gasteiger partial charge in [0.1, 0.15) is 0 Å². The van der Waals surface area contributed by atoms with Crippen molar-refractivity contribution >= 4 is 16.5 Å². The van der Waals surface area contributed by atoms with Crippen LogP contribution in [-0.4, -0.2) is 24.6 Å². The van der Waals surface area contributed by atoms with Crippen molar-refractivity contribution in [2.24, 2.45) is 11.3 Å². The van der Waals surface area contributed by atoms with Crippen LogP contribution in [0.15, 0.2) is 0 Å². The molecule has 3 nitrogen and oxygen atoms in total. The Morgan fingerprint density at radius 3 is 2.71 bits per heavy atom. The fraction of sp³-hybridized carbons (Fsp3) is 0.824. The van der Waals surface area contributed by atoms with Gasteiger partial charge >= 0.3 is 0 Å². The number of nitrogens with one attached hydrogen (secondary N) is 1. The number of hydrogen-bond donors (Lipinski definition) is 1. The normalized spacial score (nSPS) is 21.5. The van der Waals surface area contributed by atoms with Gasteiger partial charge in [-0.2, -0.15) is 0 Å². The van der Waals surface area contributed by atoms with E-state index in [1.54, 1.807) is 0 Å². The molecule has 2 heterocycles. The van der Waals surface area contributed by atoms with Gasteiger partial charge in [0.2, 0.25) is 0 Å². The molecule has 0 aromatic carbocycles. The molecule has 1 aromatic heterocycles. The van der Waals surface area contributed by atoms with E-state index < -0.39 is 0 Å². The summed E-state index contributed by atoms with van der Waals surface area (Å²) in [5, 5.41) is 4.86. The van der Waals surface area contributed by atoms with Crippen LogP contribution in [0.25, 0.3) is 0 Å². The lowest BCUT2D eigenvalue weighted by Gasteiger charge is -2.18. The molecular weight excluding hydrogens is 278 g/mol. The number of aromatic nitrogens is 1. The van der Waals surface area contributed by atoms with Crippen molar-refractivity contribution in [1.29, 1.82) is 0 Å². The highest BCUT2D eigenvalue weighted by molar-refractivity contribution is 7.15. The van der Waals surface area contributed by atoms with Gasteiger partial charge in [-0.25, -0.2) is 4.98 Å². The van der Waals surface area contributed by atoms with E-state index in [4.69, 9.17) is 4.98 Å². The molecule has 2 fully saturated rings. The largest absolute Gasteiger partial charge is 0.348 e. The minimum absolute atomic E-state index is 0.446. The third-order valence-corrected chi connectivity index (χ3v) is 5.60. The van der Waals surface area contributed by atoms with Crippen LogP contribution in [0.5, 0.6) is 0 Å². The molecule has 3 rings (SSSR count). The van der Waals surface area contributed by atoms with Crippen molar-refractivity contribution < 1.29 is 0 Å². The Kier molecular flexibility index (Phi) is 4.28. The standard InChI is InChI=1S/C17H29N3S/c1-12(2)9-18-10-14-15(13-5-6-13)19-16(21-14)20-8-7-17(3,4)11-20/h12-13,18H,5-11H2,1-4H3. The minimum atomic E-state index is 0.446. The SMILES string of the molecule is CC(C)CNCc1sc(N2CCC(C)(C)C2)nc1C1CC1. The molecule has 1 N–H and O–H groups in total. The van der Waals surface area contributed by atoms with Crippen molar-refractivity contribution in [1.82, 2.24) is 10.3 Å². The van der Waals surface area contributed by atoms with Crippen LogP contribution < -0.4 is 10.2 Å². The molecule has 118 valence electrons. The Bertz CT molecular complexity index is 488. The van der Waals surface area contributed by atoms with Gasteiger partial charge in [0, 0.05) is 30.4 Å². The molecule has 0 bridgehead atoms. The Hall–Kier alpha value is -0.610. The number of nitrogens with zero attached hydrogens (tertiary/aromatic N) is 2. The number of anilines is 1. The first kappa shape index (κ1) is 15.3. The Morgan fingerprint density at radius 1 is 1.38 bits per heavy atom. The molecule has 0 radical (unpaired) electrons. The first-order chi connectivity index (χ1) is 9.94. The number of hydrogen-bond acceptors (Lipinski definition) is 4. The van der Waals surface area contributed by atoms with E-state index in [-0.39, 0.29) is 0 Å². The summed E-state index contributed by atoms with van der Waals surface area (Å²) in [6.45, 7) is 13.7. The summed E-state index contributed by atoms with van der Waals surface area (Å²) in [5.74, 6) is 1.46. The van der Waals surface area contributed by atoms with E-state index in [1.807, 2.05) is 11.3 Å². The highest BCUT2D eigenvalue weighted by atomic mass is 32.1. The average Bonchev–Trinajstić information content (AvgIpc) is 3.05. The summed E-state index contributed by atoms with van der Waals surface area (Å²) >= 11 is 1.93. The van der Waals surface area contributed by atoms with Crippen LogP contribution in [-0.2, 0) is 6.54 Å². The zero-order chi connectivity index (χ0) is 15.0. The van der Waals surface area contributed by atoms with Crippen molar-refractivity contribution in [3.8, 4) is 0 Å². The molecule has 1 aliphatic heterocycles. The summed E-state index contributed by atoms with van der Waals surface area (Å²) in [5.41, 5.74) is 1.84. The molecule has 1 aliphatic carbocycles. The predicted molar refractivity (Wildman–Crippen MR) is 91.2 cm³/mol. The van der Waals surface area contributed by atoms with Crippen LogP contribution >= 0.6 is 11.3 Å². The maximum atomic E-state index is 5.02. The maximum Gasteiger partial charge on any atom is 0.185 e. The fourth-order valence-electron chi connectivity index (χ4n) is 3.04. The van der Waals surface area contributed by atoms with E-state index in [0.29, 0.717) is 11.3 Å². The summed E-state index contributed by atoms with van der Waals surface area (Å²) in [6.07, 6.45) is 3.96. The van der Waals surface area contributed by atoms with E-state index in [1.165, 1.54) is 41.5 Å². The van der Waals surface area contributed by atoms with Crippen LogP contribution in [0.2, 0.25) is 0 Å². The van der Waals surface area contributed by atoms with Gasteiger partial charge in [-0.3, -0.25) is 0 Å². The molecule has 21 heavy (non-hydrogen) atoms. The van der Waals surface area contributed by atoms with Crippen molar-refractivity contribution in [2.75, 3.05) is 24.5 Å². The predicted octanol–water partition coefficient (Wildman–Crippen LogP) is 4.00. The fourth-order valence-corrected chi connectivity index (χ4v) is 4.18. The first-order valence-electron chi connectivity index (χ1n) is 8.40. The monoisotopic (exact) mass is 307 g/mol. The summed E-state index contributed by atoms with van der Waals surface area (Å²) in [4.78, 5) is 9.01. The number of rotatable bonds is 6. The second kappa shape index (κ2) is 5.88. The molecule has 0 amide bonds. The second-order valence-corrected chi connectivity index (χ2v) is 9.00. The highest BCUT2D eigenvalue weighted by Crippen LogP contribution is 2.45. The molecule has 1 saturated heterocycles. The molecule has 0 atom stereocenters. The van der Waals surface area contributed by atoms with Gasteiger partial charge in [0.15, 0.2) is 5.13 Å². The van der Waals surface area contributed by atoms with Crippen LogP contribution in [0.3, 0.4) is 0 Å². The highest BCUT2D eigenvalue weighted by Gasteiger charge is 2.34. The summed E-state index contributed by atoms with van der Waals surface area (Å²) in [7, 11) is 0. The first-order valence-corrected chi connectivity index (χ1v) is 9.21. The molecule has 1 aromatic rings. The molecule has 0 spiro atoms. The van der Waals surface area contributed by atoms with Gasteiger partial charge in [0.05, 0.1) is 5.69 Å². The van der Waals surface area contributed by atoms with E-state index in [2.05, 4.69) is 37.9 Å². The summed E-state index contributed by atoms with van der Waals surface area (Å²) in [6, 6.07) is 0. The Morgan fingerprint density at radius 2 is 2.14 bits per heavy atom. The minimum Gasteiger partial charge on any atom is -0.348 e. The van der Waals surface area contributed by atoms with E-state index in [9.17, 15) is 0 Å². The molecule has 0 unspecified atom stereocenters. The van der Waals surface area contributed by atoms with Crippen LogP contribution in [0.1, 0.15) is 63.4 Å². The van der Waals surface area contributed by atoms with Gasteiger partial charge in [-0.05, 0) is 37.1 Å². The quantitative estimate of drug-likeness (QED) is 0.861. The molecule has 1 saturated carbocycles. The third-order valence-electron chi connectivity index (χ3n) is 4.47. The van der Waals surface area contributed by atoms with Crippen molar-refractivity contribution in [3.05, 3.63) is 10.6 Å². The lowest BCUT2D eigenvalue weighted by molar-refractivity contribution is 0.418.